The summed E-state index contributed by atoms with van der Waals surface area (Å²) in [6.45, 7) is 0.761. The molecule has 7 heteroatoms. The fraction of sp³-hybridized carbons (Fsp3) is 0.364. The van der Waals surface area contributed by atoms with E-state index < -0.39 is 11.9 Å². The maximum Gasteiger partial charge on any atom is 0.314 e. The average Bonchev–Trinajstić information content (AvgIpc) is 2.93. The molecule has 1 aliphatic rings. The van der Waals surface area contributed by atoms with Crippen molar-refractivity contribution in [1.82, 2.24) is 14.8 Å². The number of carboxylic acid groups (broad SMARTS) is 1. The lowest BCUT2D eigenvalue weighted by molar-refractivity contribution is -0.139. The molecule has 0 aliphatic carbocycles. The highest BCUT2D eigenvalue weighted by Gasteiger charge is 2.31. The van der Waals surface area contributed by atoms with Crippen molar-refractivity contribution in [3.05, 3.63) is 22.3 Å². The summed E-state index contributed by atoms with van der Waals surface area (Å²) >= 11 is 7.33. The van der Waals surface area contributed by atoms with Gasteiger partial charge in [0, 0.05) is 6.54 Å². The van der Waals surface area contributed by atoms with Crippen LogP contribution in [0.3, 0.4) is 0 Å². The number of hydrogen-bond acceptors (Lipinski definition) is 4. The lowest BCUT2D eigenvalue weighted by atomic mass is 9.99. The van der Waals surface area contributed by atoms with Gasteiger partial charge in [-0.1, -0.05) is 11.6 Å². The van der Waals surface area contributed by atoms with E-state index >= 15 is 0 Å². The van der Waals surface area contributed by atoms with Crippen LogP contribution in [0.15, 0.2) is 12.1 Å². The Kier molecular flexibility index (Phi) is 2.83. The molecule has 0 amide bonds. The van der Waals surface area contributed by atoms with Gasteiger partial charge in [-0.05, 0) is 25.0 Å². The maximum absolute atomic E-state index is 11.2. The largest absolute Gasteiger partial charge is 0.481 e. The molecule has 0 saturated heterocycles. The Bertz CT molecular complexity index is 607. The van der Waals surface area contributed by atoms with E-state index in [4.69, 9.17) is 16.7 Å². The molecule has 1 aliphatic heterocycles. The Labute approximate surface area is 112 Å². The van der Waals surface area contributed by atoms with Gasteiger partial charge in [0.15, 0.2) is 5.82 Å². The molecule has 1 atom stereocenters. The second kappa shape index (κ2) is 4.37. The minimum Gasteiger partial charge on any atom is -0.481 e. The van der Waals surface area contributed by atoms with E-state index in [1.165, 1.54) is 11.3 Å². The molecule has 1 N–H and O–H groups in total. The molecule has 0 radical (unpaired) electrons. The highest BCUT2D eigenvalue weighted by atomic mass is 35.5. The number of hydrogen-bond donors (Lipinski definition) is 1. The molecule has 2 aromatic rings. The van der Waals surface area contributed by atoms with Gasteiger partial charge in [0.2, 0.25) is 0 Å². The number of rotatable bonds is 2. The maximum atomic E-state index is 11.2. The molecule has 0 spiro atoms. The molecule has 2 aromatic heterocycles. The molecule has 0 aromatic carbocycles. The van der Waals surface area contributed by atoms with Crippen LogP contribution in [-0.2, 0) is 11.3 Å². The first-order valence-corrected chi connectivity index (χ1v) is 6.78. The molecule has 18 heavy (non-hydrogen) atoms. The highest BCUT2D eigenvalue weighted by Crippen LogP contribution is 2.34. The molecule has 94 valence electrons. The predicted molar refractivity (Wildman–Crippen MR) is 68.0 cm³/mol. The number of halogens is 1. The van der Waals surface area contributed by atoms with E-state index in [1.54, 1.807) is 6.07 Å². The molecular weight excluding hydrogens is 274 g/mol. The van der Waals surface area contributed by atoms with E-state index in [9.17, 15) is 4.79 Å². The molecule has 0 saturated carbocycles. The van der Waals surface area contributed by atoms with Crippen LogP contribution >= 0.6 is 22.9 Å². The van der Waals surface area contributed by atoms with Crippen LogP contribution in [0.2, 0.25) is 4.34 Å². The van der Waals surface area contributed by atoms with Crippen LogP contribution in [0.25, 0.3) is 10.7 Å². The highest BCUT2D eigenvalue weighted by molar-refractivity contribution is 7.19. The van der Waals surface area contributed by atoms with Crippen molar-refractivity contribution in [3.63, 3.8) is 0 Å². The Morgan fingerprint density at radius 1 is 1.50 bits per heavy atom. The number of carboxylic acids is 1. The van der Waals surface area contributed by atoms with E-state index in [0.717, 1.165) is 17.8 Å². The first kappa shape index (κ1) is 11.7. The van der Waals surface area contributed by atoms with Crippen molar-refractivity contribution in [2.75, 3.05) is 0 Å². The first-order valence-electron chi connectivity index (χ1n) is 5.58. The van der Waals surface area contributed by atoms with Gasteiger partial charge in [-0.2, -0.15) is 0 Å². The third-order valence-electron chi connectivity index (χ3n) is 3.06. The van der Waals surface area contributed by atoms with Crippen molar-refractivity contribution in [2.24, 2.45) is 0 Å². The van der Waals surface area contributed by atoms with Crippen molar-refractivity contribution >= 4 is 28.9 Å². The molecule has 1 unspecified atom stereocenters. The monoisotopic (exact) mass is 283 g/mol. The topological polar surface area (TPSA) is 68.0 Å². The average molecular weight is 284 g/mol. The van der Waals surface area contributed by atoms with E-state index in [2.05, 4.69) is 10.2 Å². The van der Waals surface area contributed by atoms with Crippen LogP contribution in [0.4, 0.5) is 0 Å². The van der Waals surface area contributed by atoms with Crippen molar-refractivity contribution in [1.29, 1.82) is 0 Å². The third kappa shape index (κ3) is 1.81. The number of aromatic nitrogens is 3. The van der Waals surface area contributed by atoms with Crippen LogP contribution in [0.1, 0.15) is 24.6 Å². The Morgan fingerprint density at radius 2 is 2.33 bits per heavy atom. The van der Waals surface area contributed by atoms with Gasteiger partial charge in [0.05, 0.1) is 9.21 Å². The van der Waals surface area contributed by atoms with Crippen LogP contribution < -0.4 is 0 Å². The quantitative estimate of drug-likeness (QED) is 0.920. The van der Waals surface area contributed by atoms with Gasteiger partial charge in [-0.3, -0.25) is 4.79 Å². The minimum absolute atomic E-state index is 0.546. The molecule has 0 bridgehead atoms. The van der Waals surface area contributed by atoms with Gasteiger partial charge in [0.25, 0.3) is 0 Å². The number of nitrogens with zero attached hydrogens (tertiary/aromatic N) is 3. The Balaban J connectivity index is 2.07. The zero-order valence-electron chi connectivity index (χ0n) is 9.34. The summed E-state index contributed by atoms with van der Waals surface area (Å²) < 4.78 is 2.58. The van der Waals surface area contributed by atoms with Gasteiger partial charge < -0.3 is 9.67 Å². The predicted octanol–water partition coefficient (Wildman–Crippen LogP) is 2.62. The lowest BCUT2D eigenvalue weighted by Gasteiger charge is -2.20. The van der Waals surface area contributed by atoms with Crippen molar-refractivity contribution < 1.29 is 9.90 Å². The zero-order valence-corrected chi connectivity index (χ0v) is 10.9. The summed E-state index contributed by atoms with van der Waals surface area (Å²) in [5, 5.41) is 17.3. The third-order valence-corrected chi connectivity index (χ3v) is 4.28. The van der Waals surface area contributed by atoms with Gasteiger partial charge in [0.1, 0.15) is 11.7 Å². The van der Waals surface area contributed by atoms with Gasteiger partial charge in [-0.15, -0.1) is 21.5 Å². The number of thiophene rings is 1. The second-order valence-electron chi connectivity index (χ2n) is 4.17. The summed E-state index contributed by atoms with van der Waals surface area (Å²) in [6.07, 6.45) is 1.45. The van der Waals surface area contributed by atoms with Gasteiger partial charge in [-0.25, -0.2) is 0 Å². The fourth-order valence-corrected chi connectivity index (χ4v) is 3.26. The summed E-state index contributed by atoms with van der Waals surface area (Å²) in [6, 6.07) is 3.69. The van der Waals surface area contributed by atoms with Gasteiger partial charge >= 0.3 is 5.97 Å². The second-order valence-corrected chi connectivity index (χ2v) is 5.89. The SMILES string of the molecule is O=C(O)C1CCCn2c(-c3ccc(Cl)s3)nnc21. The Morgan fingerprint density at radius 3 is 3.00 bits per heavy atom. The van der Waals surface area contributed by atoms with Crippen LogP contribution in [0, 0.1) is 0 Å². The first-order chi connectivity index (χ1) is 8.66. The van der Waals surface area contributed by atoms with E-state index in [1.807, 2.05) is 10.6 Å². The summed E-state index contributed by atoms with van der Waals surface area (Å²) in [5.41, 5.74) is 0. The Hall–Kier alpha value is -1.40. The minimum atomic E-state index is -0.834. The summed E-state index contributed by atoms with van der Waals surface area (Å²) in [4.78, 5) is 12.1. The van der Waals surface area contributed by atoms with Crippen molar-refractivity contribution in [3.8, 4) is 10.7 Å². The lowest BCUT2D eigenvalue weighted by Crippen LogP contribution is -2.22. The summed E-state index contributed by atoms with van der Waals surface area (Å²) in [7, 11) is 0. The molecular formula is C11H10ClN3O2S. The normalized spacial score (nSPS) is 18.6. The molecule has 5 nitrogen and oxygen atoms in total. The number of aliphatic carboxylic acids is 1. The van der Waals surface area contributed by atoms with Crippen LogP contribution in [0.5, 0.6) is 0 Å². The smallest absolute Gasteiger partial charge is 0.314 e. The van der Waals surface area contributed by atoms with E-state index in [-0.39, 0.29) is 0 Å². The molecule has 3 rings (SSSR count). The number of fused-ring (bicyclic) bond motifs is 1. The summed E-state index contributed by atoms with van der Waals surface area (Å²) in [5.74, 6) is -0.115. The molecule has 3 heterocycles. The zero-order chi connectivity index (χ0) is 12.7. The van der Waals surface area contributed by atoms with E-state index in [0.29, 0.717) is 22.4 Å². The van der Waals surface area contributed by atoms with Crippen molar-refractivity contribution in [2.45, 2.75) is 25.3 Å². The standard InChI is InChI=1S/C11H10ClN3O2S/c12-8-4-3-7(18-8)10-14-13-9-6(11(16)17)2-1-5-15(9)10/h3-4,6H,1-2,5H2,(H,16,17). The molecule has 0 fully saturated rings. The number of carbonyl (C=O) groups is 1. The van der Waals surface area contributed by atoms with Crippen LogP contribution in [-0.4, -0.2) is 25.8 Å². The fourth-order valence-electron chi connectivity index (χ4n) is 2.23.